The smallest absolute Gasteiger partial charge is 0.0642 e. The monoisotopic (exact) mass is 303 g/mol. The van der Waals surface area contributed by atoms with Crippen LogP contribution in [0, 0.1) is 0 Å². The van der Waals surface area contributed by atoms with Crippen molar-refractivity contribution in [2.24, 2.45) is 0 Å². The van der Waals surface area contributed by atoms with Crippen molar-refractivity contribution < 1.29 is 0 Å². The molecule has 0 atom stereocenters. The van der Waals surface area contributed by atoms with Gasteiger partial charge in [-0.2, -0.15) is 0 Å². The molecule has 0 aromatic heterocycles. The van der Waals surface area contributed by atoms with E-state index in [2.05, 4.69) is 46.8 Å². The van der Waals surface area contributed by atoms with Crippen LogP contribution in [0.25, 0.3) is 0 Å². The molecule has 0 unspecified atom stereocenters. The van der Waals surface area contributed by atoms with Crippen LogP contribution in [0.15, 0.2) is 18.2 Å². The summed E-state index contributed by atoms with van der Waals surface area (Å²) in [4.78, 5) is 2.34. The van der Waals surface area contributed by atoms with E-state index in [0.29, 0.717) is 0 Å². The Morgan fingerprint density at radius 2 is 2.06 bits per heavy atom. The van der Waals surface area contributed by atoms with Gasteiger partial charge >= 0.3 is 0 Å². The fourth-order valence-corrected chi connectivity index (χ4v) is 2.36. The molecule has 0 N–H and O–H groups in total. The minimum atomic E-state index is 0.855. The number of hydrogen-bond donors (Lipinski definition) is 0. The standard InChI is InChI=1S/C13H19BrClN/c1-3-5-8-16(4-2)13-7-6-11(10-14)9-12(13)15/h6-7,9H,3-5,8,10H2,1-2H3. The Balaban J connectivity index is 2.83. The Labute approximate surface area is 112 Å². The third-order valence-electron chi connectivity index (χ3n) is 2.67. The Morgan fingerprint density at radius 3 is 2.56 bits per heavy atom. The molecule has 0 heterocycles. The molecule has 1 aromatic rings. The largest absolute Gasteiger partial charge is 0.371 e. The average molecular weight is 305 g/mol. The summed E-state index contributed by atoms with van der Waals surface area (Å²) in [6.45, 7) is 6.47. The lowest BCUT2D eigenvalue weighted by atomic mass is 10.2. The first kappa shape index (κ1) is 13.9. The SMILES string of the molecule is CCCCN(CC)c1ccc(CBr)cc1Cl. The minimum absolute atomic E-state index is 0.855. The summed E-state index contributed by atoms with van der Waals surface area (Å²) in [6, 6.07) is 6.29. The van der Waals surface area contributed by atoms with E-state index in [1.54, 1.807) is 0 Å². The minimum Gasteiger partial charge on any atom is -0.371 e. The van der Waals surface area contributed by atoms with Gasteiger partial charge in [0.1, 0.15) is 0 Å². The summed E-state index contributed by atoms with van der Waals surface area (Å²) in [5.41, 5.74) is 2.38. The molecule has 0 spiro atoms. The van der Waals surface area contributed by atoms with Crippen LogP contribution in [0.5, 0.6) is 0 Å². The molecule has 0 saturated heterocycles. The topological polar surface area (TPSA) is 3.24 Å². The predicted octanol–water partition coefficient (Wildman–Crippen LogP) is 4.86. The quantitative estimate of drug-likeness (QED) is 0.678. The van der Waals surface area contributed by atoms with E-state index in [4.69, 9.17) is 11.6 Å². The van der Waals surface area contributed by atoms with E-state index in [1.165, 1.54) is 18.4 Å². The van der Waals surface area contributed by atoms with E-state index in [1.807, 2.05) is 6.07 Å². The van der Waals surface area contributed by atoms with Gasteiger partial charge in [-0.15, -0.1) is 0 Å². The molecule has 0 aliphatic carbocycles. The molecule has 0 saturated carbocycles. The van der Waals surface area contributed by atoms with Crippen molar-refractivity contribution >= 4 is 33.2 Å². The van der Waals surface area contributed by atoms with Crippen molar-refractivity contribution in [2.45, 2.75) is 32.0 Å². The van der Waals surface area contributed by atoms with Crippen LogP contribution in [0.4, 0.5) is 5.69 Å². The second kappa shape index (κ2) is 7.18. The zero-order chi connectivity index (χ0) is 12.0. The van der Waals surface area contributed by atoms with Crippen LogP contribution in [-0.2, 0) is 5.33 Å². The van der Waals surface area contributed by atoms with Gasteiger partial charge in [-0.05, 0) is 31.0 Å². The first-order valence-corrected chi connectivity index (χ1v) is 7.32. The lowest BCUT2D eigenvalue weighted by Crippen LogP contribution is -2.24. The average Bonchev–Trinajstić information content (AvgIpc) is 2.31. The number of nitrogens with zero attached hydrogens (tertiary/aromatic N) is 1. The lowest BCUT2D eigenvalue weighted by molar-refractivity contribution is 0.732. The number of hydrogen-bond acceptors (Lipinski definition) is 1. The summed E-state index contributed by atoms with van der Waals surface area (Å²) >= 11 is 9.74. The summed E-state index contributed by atoms with van der Waals surface area (Å²) in [6.07, 6.45) is 2.43. The molecule has 16 heavy (non-hydrogen) atoms. The molecule has 1 nitrogen and oxygen atoms in total. The number of halogens is 2. The molecule has 3 heteroatoms. The fraction of sp³-hybridized carbons (Fsp3) is 0.538. The van der Waals surface area contributed by atoms with Crippen molar-refractivity contribution in [3.05, 3.63) is 28.8 Å². The first-order chi connectivity index (χ1) is 7.72. The van der Waals surface area contributed by atoms with Gasteiger partial charge < -0.3 is 4.90 Å². The van der Waals surface area contributed by atoms with Gasteiger partial charge in [-0.1, -0.05) is 46.9 Å². The van der Waals surface area contributed by atoms with Crippen LogP contribution in [0.2, 0.25) is 5.02 Å². The number of rotatable bonds is 6. The van der Waals surface area contributed by atoms with Gasteiger partial charge in [0.25, 0.3) is 0 Å². The normalized spacial score (nSPS) is 10.5. The van der Waals surface area contributed by atoms with Crippen LogP contribution in [0.3, 0.4) is 0 Å². The molecule has 90 valence electrons. The molecule has 0 amide bonds. The number of anilines is 1. The third-order valence-corrected chi connectivity index (χ3v) is 3.62. The number of benzene rings is 1. The van der Waals surface area contributed by atoms with E-state index < -0.39 is 0 Å². The van der Waals surface area contributed by atoms with Gasteiger partial charge in [-0.3, -0.25) is 0 Å². The zero-order valence-corrected chi connectivity index (χ0v) is 12.3. The maximum atomic E-state index is 6.30. The molecule has 0 aliphatic rings. The highest BCUT2D eigenvalue weighted by Crippen LogP contribution is 2.27. The molecular formula is C13H19BrClN. The van der Waals surface area contributed by atoms with Crippen molar-refractivity contribution in [3.8, 4) is 0 Å². The zero-order valence-electron chi connectivity index (χ0n) is 9.97. The van der Waals surface area contributed by atoms with Crippen molar-refractivity contribution in [1.82, 2.24) is 0 Å². The molecule has 1 aromatic carbocycles. The van der Waals surface area contributed by atoms with Gasteiger partial charge in [0, 0.05) is 18.4 Å². The number of unbranched alkanes of at least 4 members (excludes halogenated alkanes) is 1. The fourth-order valence-electron chi connectivity index (χ4n) is 1.69. The van der Waals surface area contributed by atoms with Crippen LogP contribution >= 0.6 is 27.5 Å². The molecule has 1 rings (SSSR count). The van der Waals surface area contributed by atoms with Gasteiger partial charge in [0.2, 0.25) is 0 Å². The maximum absolute atomic E-state index is 6.30. The van der Waals surface area contributed by atoms with Crippen molar-refractivity contribution in [3.63, 3.8) is 0 Å². The highest BCUT2D eigenvalue weighted by atomic mass is 79.9. The van der Waals surface area contributed by atoms with Crippen LogP contribution < -0.4 is 4.90 Å². The summed E-state index contributed by atoms with van der Waals surface area (Å²) < 4.78 is 0. The second-order valence-electron chi connectivity index (χ2n) is 3.85. The third kappa shape index (κ3) is 3.67. The maximum Gasteiger partial charge on any atom is 0.0642 e. The Morgan fingerprint density at radius 1 is 1.31 bits per heavy atom. The van der Waals surface area contributed by atoms with E-state index in [-0.39, 0.29) is 0 Å². The van der Waals surface area contributed by atoms with Gasteiger partial charge in [-0.25, -0.2) is 0 Å². The first-order valence-electron chi connectivity index (χ1n) is 5.82. The van der Waals surface area contributed by atoms with Crippen LogP contribution in [0.1, 0.15) is 32.3 Å². The lowest BCUT2D eigenvalue weighted by Gasteiger charge is -2.24. The Kier molecular flexibility index (Phi) is 6.22. The van der Waals surface area contributed by atoms with E-state index in [0.717, 1.165) is 29.1 Å². The van der Waals surface area contributed by atoms with E-state index in [9.17, 15) is 0 Å². The molecular weight excluding hydrogens is 286 g/mol. The van der Waals surface area contributed by atoms with Crippen molar-refractivity contribution in [2.75, 3.05) is 18.0 Å². The van der Waals surface area contributed by atoms with Crippen LogP contribution in [-0.4, -0.2) is 13.1 Å². The summed E-state index contributed by atoms with van der Waals surface area (Å²) in [5, 5.41) is 1.71. The Bertz CT molecular complexity index is 328. The molecule has 0 aliphatic heterocycles. The molecule has 0 fully saturated rings. The highest BCUT2D eigenvalue weighted by Gasteiger charge is 2.08. The predicted molar refractivity (Wildman–Crippen MR) is 76.9 cm³/mol. The van der Waals surface area contributed by atoms with Gasteiger partial charge in [0.05, 0.1) is 10.7 Å². The van der Waals surface area contributed by atoms with E-state index >= 15 is 0 Å². The highest BCUT2D eigenvalue weighted by molar-refractivity contribution is 9.08. The molecule has 0 bridgehead atoms. The summed E-state index contributed by atoms with van der Waals surface area (Å²) in [5.74, 6) is 0. The molecule has 0 radical (unpaired) electrons. The number of alkyl halides is 1. The Hall–Kier alpha value is -0.210. The van der Waals surface area contributed by atoms with Crippen molar-refractivity contribution in [1.29, 1.82) is 0 Å². The summed E-state index contributed by atoms with van der Waals surface area (Å²) in [7, 11) is 0. The van der Waals surface area contributed by atoms with Gasteiger partial charge in [0.15, 0.2) is 0 Å². The second-order valence-corrected chi connectivity index (χ2v) is 4.82.